The van der Waals surface area contributed by atoms with Crippen molar-refractivity contribution in [3.8, 4) is 11.3 Å². The molecule has 2 aromatic heterocycles. The smallest absolute Gasteiger partial charge is 0.365 e. The number of aromatic nitrogens is 2. The van der Waals surface area contributed by atoms with Crippen molar-refractivity contribution in [1.82, 2.24) is 9.38 Å². The van der Waals surface area contributed by atoms with Crippen LogP contribution in [0.1, 0.15) is 26.3 Å². The van der Waals surface area contributed by atoms with Gasteiger partial charge in [-0.15, -0.1) is 0 Å². The summed E-state index contributed by atoms with van der Waals surface area (Å²) < 4.78 is 40.2. The van der Waals surface area contributed by atoms with Gasteiger partial charge in [-0.05, 0) is 45.0 Å². The van der Waals surface area contributed by atoms with E-state index in [0.717, 1.165) is 12.1 Å². The van der Waals surface area contributed by atoms with Gasteiger partial charge < -0.3 is 5.32 Å². The van der Waals surface area contributed by atoms with Gasteiger partial charge in [0.25, 0.3) is 0 Å². The van der Waals surface area contributed by atoms with Crippen LogP contribution >= 0.6 is 11.6 Å². The van der Waals surface area contributed by atoms with Crippen LogP contribution in [0.3, 0.4) is 0 Å². The van der Waals surface area contributed by atoms with Gasteiger partial charge in [-0.2, -0.15) is 13.2 Å². The van der Waals surface area contributed by atoms with Crippen LogP contribution in [-0.4, -0.2) is 14.9 Å². The molecule has 0 fully saturated rings. The Morgan fingerprint density at radius 1 is 1.00 bits per heavy atom. The van der Waals surface area contributed by atoms with E-state index >= 15 is 0 Å². The van der Waals surface area contributed by atoms with E-state index in [1.165, 1.54) is 12.1 Å². The Balaban J connectivity index is 2.16. The Morgan fingerprint density at radius 3 is 2.20 bits per heavy atom. The van der Waals surface area contributed by atoms with Crippen molar-refractivity contribution in [3.63, 3.8) is 0 Å². The maximum atomic E-state index is 12.8. The fourth-order valence-electron chi connectivity index (χ4n) is 2.51. The van der Waals surface area contributed by atoms with E-state index < -0.39 is 11.7 Å². The summed E-state index contributed by atoms with van der Waals surface area (Å²) in [6.07, 6.45) is -2.64. The molecule has 1 N–H and O–H groups in total. The molecule has 0 atom stereocenters. The lowest BCUT2D eigenvalue weighted by Crippen LogP contribution is -2.27. The topological polar surface area (TPSA) is 29.3 Å². The molecule has 25 heavy (non-hydrogen) atoms. The number of benzene rings is 1. The number of pyridine rings is 1. The van der Waals surface area contributed by atoms with Crippen molar-refractivity contribution >= 4 is 23.1 Å². The number of rotatable bonds is 2. The third-order valence-corrected chi connectivity index (χ3v) is 3.79. The SMILES string of the molecule is CC(C)(C)Nc1c(-c2ccc(C(F)(F)F)cc2)nc2ccc(Cl)cn12. The summed E-state index contributed by atoms with van der Waals surface area (Å²) in [6, 6.07) is 8.48. The number of hydrogen-bond acceptors (Lipinski definition) is 2. The first-order valence-corrected chi connectivity index (χ1v) is 8.06. The zero-order valence-electron chi connectivity index (χ0n) is 13.9. The van der Waals surface area contributed by atoms with Crippen molar-refractivity contribution < 1.29 is 13.2 Å². The molecule has 1 aromatic carbocycles. The number of hydrogen-bond donors (Lipinski definition) is 1. The van der Waals surface area contributed by atoms with E-state index in [2.05, 4.69) is 10.3 Å². The van der Waals surface area contributed by atoms with Crippen LogP contribution in [0.2, 0.25) is 5.02 Å². The standard InChI is InChI=1S/C18H17ClF3N3/c1-17(2,3)24-16-15(23-14-9-8-13(19)10-25(14)16)11-4-6-12(7-5-11)18(20,21)22/h4-10,24H,1-3H3. The van der Waals surface area contributed by atoms with E-state index in [4.69, 9.17) is 11.6 Å². The monoisotopic (exact) mass is 367 g/mol. The van der Waals surface area contributed by atoms with Crippen molar-refractivity contribution in [2.45, 2.75) is 32.5 Å². The second-order valence-corrected chi connectivity index (χ2v) is 7.27. The Bertz CT molecular complexity index is 906. The molecule has 0 radical (unpaired) electrons. The maximum Gasteiger partial charge on any atom is 0.416 e. The van der Waals surface area contributed by atoms with Gasteiger partial charge in [-0.25, -0.2) is 4.98 Å². The molecule has 0 aliphatic rings. The minimum absolute atomic E-state index is 0.265. The zero-order valence-corrected chi connectivity index (χ0v) is 14.7. The highest BCUT2D eigenvalue weighted by Gasteiger charge is 2.30. The number of fused-ring (bicyclic) bond motifs is 1. The molecule has 0 spiro atoms. The van der Waals surface area contributed by atoms with Gasteiger partial charge in [0.1, 0.15) is 17.2 Å². The van der Waals surface area contributed by atoms with Crippen molar-refractivity contribution in [2.75, 3.05) is 5.32 Å². The Kier molecular flexibility index (Phi) is 4.19. The van der Waals surface area contributed by atoms with Crippen molar-refractivity contribution in [2.24, 2.45) is 0 Å². The molecule has 3 nitrogen and oxygen atoms in total. The molecule has 0 saturated heterocycles. The molecule has 132 valence electrons. The molecule has 0 unspecified atom stereocenters. The maximum absolute atomic E-state index is 12.8. The largest absolute Gasteiger partial charge is 0.416 e. The first-order valence-electron chi connectivity index (χ1n) is 7.68. The zero-order chi connectivity index (χ0) is 18.4. The van der Waals surface area contributed by atoms with Crippen LogP contribution in [0.5, 0.6) is 0 Å². The highest BCUT2D eigenvalue weighted by molar-refractivity contribution is 6.30. The number of halogens is 4. The van der Waals surface area contributed by atoms with Crippen LogP contribution in [0.25, 0.3) is 16.9 Å². The molecular weight excluding hydrogens is 351 g/mol. The van der Waals surface area contributed by atoms with E-state index in [-0.39, 0.29) is 5.54 Å². The average molecular weight is 368 g/mol. The van der Waals surface area contributed by atoms with Gasteiger partial charge >= 0.3 is 6.18 Å². The minimum Gasteiger partial charge on any atom is -0.365 e. The van der Waals surface area contributed by atoms with Gasteiger partial charge in [0.2, 0.25) is 0 Å². The summed E-state index contributed by atoms with van der Waals surface area (Å²) >= 11 is 6.09. The minimum atomic E-state index is -4.36. The van der Waals surface area contributed by atoms with E-state index in [1.807, 2.05) is 20.8 Å². The highest BCUT2D eigenvalue weighted by Crippen LogP contribution is 2.34. The molecule has 2 heterocycles. The molecular formula is C18H17ClF3N3. The third kappa shape index (κ3) is 3.74. The summed E-state index contributed by atoms with van der Waals surface area (Å²) in [5.41, 5.74) is 0.879. The van der Waals surface area contributed by atoms with E-state index in [1.54, 1.807) is 22.7 Å². The first kappa shape index (κ1) is 17.6. The van der Waals surface area contributed by atoms with Gasteiger partial charge in [-0.1, -0.05) is 23.7 Å². The van der Waals surface area contributed by atoms with Crippen LogP contribution in [0.15, 0.2) is 42.6 Å². The lowest BCUT2D eigenvalue weighted by molar-refractivity contribution is -0.137. The van der Waals surface area contributed by atoms with Crippen molar-refractivity contribution in [3.05, 3.63) is 53.2 Å². The molecule has 0 aliphatic heterocycles. The average Bonchev–Trinajstić information content (AvgIpc) is 2.83. The summed E-state index contributed by atoms with van der Waals surface area (Å²) in [7, 11) is 0. The number of alkyl halides is 3. The second-order valence-electron chi connectivity index (χ2n) is 6.83. The summed E-state index contributed by atoms with van der Waals surface area (Å²) in [6.45, 7) is 5.98. The Morgan fingerprint density at radius 2 is 1.64 bits per heavy atom. The predicted octanol–water partition coefficient (Wildman–Crippen LogP) is 5.88. The van der Waals surface area contributed by atoms with Gasteiger partial charge in [0, 0.05) is 17.3 Å². The molecule has 0 bridgehead atoms. The highest BCUT2D eigenvalue weighted by atomic mass is 35.5. The fraction of sp³-hybridized carbons (Fsp3) is 0.278. The van der Waals surface area contributed by atoms with Crippen LogP contribution in [-0.2, 0) is 6.18 Å². The van der Waals surface area contributed by atoms with E-state index in [0.29, 0.717) is 27.7 Å². The summed E-state index contributed by atoms with van der Waals surface area (Å²) in [5.74, 6) is 0.685. The lowest BCUT2D eigenvalue weighted by atomic mass is 10.1. The molecule has 3 aromatic rings. The molecule has 7 heteroatoms. The Hall–Kier alpha value is -2.21. The first-order chi connectivity index (χ1) is 11.5. The number of nitrogens with one attached hydrogen (secondary N) is 1. The van der Waals surface area contributed by atoms with Crippen LogP contribution in [0.4, 0.5) is 19.0 Å². The molecule has 0 aliphatic carbocycles. The quantitative estimate of drug-likeness (QED) is 0.612. The molecule has 3 rings (SSSR count). The number of imidazole rings is 1. The second kappa shape index (κ2) is 5.95. The molecule has 0 amide bonds. The fourth-order valence-corrected chi connectivity index (χ4v) is 2.67. The summed E-state index contributed by atoms with van der Waals surface area (Å²) in [5, 5.41) is 3.91. The predicted molar refractivity (Wildman–Crippen MR) is 94.0 cm³/mol. The van der Waals surface area contributed by atoms with Crippen LogP contribution < -0.4 is 5.32 Å². The van der Waals surface area contributed by atoms with Crippen LogP contribution in [0, 0.1) is 0 Å². The lowest BCUT2D eigenvalue weighted by Gasteiger charge is -2.22. The van der Waals surface area contributed by atoms with Gasteiger partial charge in [-0.3, -0.25) is 4.40 Å². The third-order valence-electron chi connectivity index (χ3n) is 3.56. The Labute approximate surface area is 148 Å². The summed E-state index contributed by atoms with van der Waals surface area (Å²) in [4.78, 5) is 4.56. The van der Waals surface area contributed by atoms with E-state index in [9.17, 15) is 13.2 Å². The molecule has 0 saturated carbocycles. The van der Waals surface area contributed by atoms with Crippen molar-refractivity contribution in [1.29, 1.82) is 0 Å². The number of nitrogens with zero attached hydrogens (tertiary/aromatic N) is 2. The van der Waals surface area contributed by atoms with Gasteiger partial charge in [0.05, 0.1) is 10.6 Å². The number of anilines is 1. The normalized spacial score (nSPS) is 12.6. The van der Waals surface area contributed by atoms with Gasteiger partial charge in [0.15, 0.2) is 0 Å².